The van der Waals surface area contributed by atoms with Crippen molar-refractivity contribution >= 4 is 0 Å². The van der Waals surface area contributed by atoms with E-state index in [9.17, 15) is 0 Å². The van der Waals surface area contributed by atoms with Crippen LogP contribution in [0.25, 0.3) is 0 Å². The predicted molar refractivity (Wildman–Crippen MR) is 22.7 cm³/mol. The maximum absolute atomic E-state index is 3.25. The van der Waals surface area contributed by atoms with Gasteiger partial charge in [0.05, 0.1) is 0 Å². The molecule has 1 nitrogen and oxygen atoms in total. The molecule has 0 aliphatic heterocycles. The van der Waals surface area contributed by atoms with Crippen molar-refractivity contribution in [2.75, 3.05) is 0 Å². The van der Waals surface area contributed by atoms with E-state index in [2.05, 4.69) is 13.8 Å². The van der Waals surface area contributed by atoms with Crippen LogP contribution in [0.2, 0.25) is 0 Å². The zero-order valence-electron chi connectivity index (χ0n) is 4.32. The molecule has 0 N–H and O–H groups in total. The van der Waals surface area contributed by atoms with Gasteiger partial charge >= 0.3 is 21.7 Å². The van der Waals surface area contributed by atoms with E-state index in [1.807, 2.05) is 0 Å². The molecule has 2 heteroatoms. The van der Waals surface area contributed by atoms with E-state index >= 15 is 0 Å². The Kier molecular flexibility index (Phi) is 1370. The van der Waals surface area contributed by atoms with E-state index in [0.717, 1.165) is 0 Å². The first-order valence-electron chi connectivity index (χ1n) is 1.41. The number of rotatable bonds is 0. The fourth-order valence-electron chi connectivity index (χ4n) is 0. The maximum Gasteiger partial charge on any atom is 4.00 e. The van der Waals surface area contributed by atoms with Gasteiger partial charge in [-0.3, -0.25) is 0 Å². The molecule has 0 radical (unpaired) electrons. The fraction of sp³-hybridized carbons (Fsp3) is 0.500. The summed E-state index contributed by atoms with van der Waals surface area (Å²) in [7, 11) is 0. The van der Waals surface area contributed by atoms with Gasteiger partial charge in [0.25, 0.3) is 0 Å². The monoisotopic (exact) mass is 122 g/mol. The molecule has 6 heavy (non-hydrogen) atoms. The summed E-state index contributed by atoms with van der Waals surface area (Å²) in [5.41, 5.74) is 0. The van der Waals surface area contributed by atoms with Crippen LogP contribution in [-0.2, 0) is 27.2 Å². The molecule has 0 bridgehead atoms. The number of hydrogen-bond donors (Lipinski definition) is 0. The first-order valence-corrected chi connectivity index (χ1v) is 1.41. The summed E-state index contributed by atoms with van der Waals surface area (Å²) >= 11 is 0. The van der Waals surface area contributed by atoms with Gasteiger partial charge in [0.15, 0.2) is 0 Å². The summed E-state index contributed by atoms with van der Waals surface area (Å²) in [5, 5.41) is 0. The fourth-order valence-corrected chi connectivity index (χ4v) is 0. The SMILES string of the molecule is [CH2-]C.[CH2-]C.[O-2].[Ti+4]. The van der Waals surface area contributed by atoms with E-state index in [4.69, 9.17) is 0 Å². The van der Waals surface area contributed by atoms with Crippen LogP contribution in [0.15, 0.2) is 0 Å². The Labute approximate surface area is 55.3 Å². The summed E-state index contributed by atoms with van der Waals surface area (Å²) in [6.07, 6.45) is 0. The van der Waals surface area contributed by atoms with Gasteiger partial charge in [0.2, 0.25) is 0 Å². The first-order chi connectivity index (χ1) is 2.00. The molecule has 0 atom stereocenters. The maximum atomic E-state index is 3.25. The third kappa shape index (κ3) is 139. The van der Waals surface area contributed by atoms with Gasteiger partial charge in [-0.2, -0.15) is 13.8 Å². The Balaban J connectivity index is -0.00000000500. The summed E-state index contributed by atoms with van der Waals surface area (Å²) in [6, 6.07) is 0. The second-order valence-corrected chi connectivity index (χ2v) is 0. The standard InChI is InChI=1S/2C2H5.O.Ti/c2*1-2;;/h2*1H2,2H3;;/q2*-1;-2;+4. The predicted octanol–water partition coefficient (Wildman–Crippen LogP) is 1.56. The van der Waals surface area contributed by atoms with Crippen LogP contribution in [0.1, 0.15) is 13.8 Å². The van der Waals surface area contributed by atoms with E-state index in [-0.39, 0.29) is 27.2 Å². The zero-order valence-corrected chi connectivity index (χ0v) is 5.88. The Morgan fingerprint density at radius 3 is 0.833 bits per heavy atom. The summed E-state index contributed by atoms with van der Waals surface area (Å²) in [4.78, 5) is 0. The molecular formula is C4H10OTi. The Bertz CT molecular complexity index is 7.51. The average Bonchev–Trinajstić information content (AvgIpc) is 1.50. The van der Waals surface area contributed by atoms with Crippen LogP contribution in [0.3, 0.4) is 0 Å². The van der Waals surface area contributed by atoms with Crippen molar-refractivity contribution in [3.05, 3.63) is 13.8 Å². The molecule has 0 unspecified atom stereocenters. The smallest absolute Gasteiger partial charge is 2.00 e. The third-order valence-electron chi connectivity index (χ3n) is 0. The van der Waals surface area contributed by atoms with Crippen molar-refractivity contribution in [3.63, 3.8) is 0 Å². The molecule has 0 aromatic carbocycles. The average molecular weight is 122 g/mol. The van der Waals surface area contributed by atoms with Crippen molar-refractivity contribution in [3.8, 4) is 0 Å². The Morgan fingerprint density at radius 1 is 0.833 bits per heavy atom. The first kappa shape index (κ1) is 30.0. The van der Waals surface area contributed by atoms with Crippen molar-refractivity contribution in [1.82, 2.24) is 0 Å². The molecule has 0 spiro atoms. The molecule has 0 aromatic heterocycles. The summed E-state index contributed by atoms with van der Waals surface area (Å²) in [6.45, 7) is 10.0. The summed E-state index contributed by atoms with van der Waals surface area (Å²) in [5.74, 6) is 0. The van der Waals surface area contributed by atoms with E-state index in [1.54, 1.807) is 13.8 Å². The quantitative estimate of drug-likeness (QED) is 0.344. The van der Waals surface area contributed by atoms with Crippen LogP contribution in [0.5, 0.6) is 0 Å². The molecule has 0 aliphatic carbocycles. The van der Waals surface area contributed by atoms with Crippen molar-refractivity contribution < 1.29 is 27.2 Å². The molecule has 0 saturated carbocycles. The van der Waals surface area contributed by atoms with Crippen LogP contribution < -0.4 is 0 Å². The topological polar surface area (TPSA) is 28.5 Å². The van der Waals surface area contributed by atoms with Gasteiger partial charge in [-0.05, 0) is 0 Å². The molecule has 0 heterocycles. The minimum Gasteiger partial charge on any atom is -2.00 e. The zero-order chi connectivity index (χ0) is 4.00. The molecule has 36 valence electrons. The number of hydrogen-bond acceptors (Lipinski definition) is 0. The second kappa shape index (κ2) is 273. The molecular weight excluding hydrogens is 112 g/mol. The van der Waals surface area contributed by atoms with Gasteiger partial charge in [-0.15, -0.1) is 0 Å². The second-order valence-electron chi connectivity index (χ2n) is 0. The van der Waals surface area contributed by atoms with Crippen LogP contribution in [-0.4, -0.2) is 0 Å². The van der Waals surface area contributed by atoms with Crippen molar-refractivity contribution in [2.24, 2.45) is 0 Å². The largest absolute Gasteiger partial charge is 4.00 e. The minimum absolute atomic E-state index is 0. The molecule has 0 amide bonds. The summed E-state index contributed by atoms with van der Waals surface area (Å²) < 4.78 is 0. The van der Waals surface area contributed by atoms with Gasteiger partial charge in [-0.25, -0.2) is 0 Å². The van der Waals surface area contributed by atoms with Gasteiger partial charge in [-0.1, -0.05) is 0 Å². The van der Waals surface area contributed by atoms with Gasteiger partial charge in [0.1, 0.15) is 0 Å². The molecule has 0 saturated heterocycles. The normalized spacial score (nSPS) is 2.00. The molecule has 0 fully saturated rings. The van der Waals surface area contributed by atoms with E-state index in [0.29, 0.717) is 0 Å². The van der Waals surface area contributed by atoms with Crippen LogP contribution in [0.4, 0.5) is 0 Å². The Hall–Kier alpha value is 0.674. The van der Waals surface area contributed by atoms with Crippen molar-refractivity contribution in [2.45, 2.75) is 13.8 Å². The van der Waals surface area contributed by atoms with E-state index < -0.39 is 0 Å². The van der Waals surface area contributed by atoms with Crippen LogP contribution >= 0.6 is 0 Å². The third-order valence-corrected chi connectivity index (χ3v) is 0. The van der Waals surface area contributed by atoms with Gasteiger partial charge < -0.3 is 19.3 Å². The minimum atomic E-state index is 0. The molecule has 0 rings (SSSR count). The molecule has 0 aliphatic rings. The van der Waals surface area contributed by atoms with Gasteiger partial charge in [0, 0.05) is 0 Å². The Morgan fingerprint density at radius 2 is 0.833 bits per heavy atom. The van der Waals surface area contributed by atoms with Crippen LogP contribution in [0, 0.1) is 13.8 Å². The molecule has 0 aromatic rings. The van der Waals surface area contributed by atoms with Crippen molar-refractivity contribution in [1.29, 1.82) is 0 Å². The van der Waals surface area contributed by atoms with E-state index in [1.165, 1.54) is 0 Å².